The molecule has 3 rings (SSSR count). The smallest absolute Gasteiger partial charge is 0.238 e. The van der Waals surface area contributed by atoms with Crippen LogP contribution in [0.15, 0.2) is 54.7 Å². The minimum absolute atomic E-state index is 0.122. The number of carbonyl (C=O) groups is 1. The highest BCUT2D eigenvalue weighted by Crippen LogP contribution is 2.29. The van der Waals surface area contributed by atoms with Crippen molar-refractivity contribution in [1.82, 2.24) is 9.97 Å². The largest absolute Gasteiger partial charge is 0.337 e. The first-order valence-corrected chi connectivity index (χ1v) is 11.2. The van der Waals surface area contributed by atoms with Crippen LogP contribution in [0.4, 0.5) is 34.5 Å². The van der Waals surface area contributed by atoms with E-state index in [-0.39, 0.29) is 29.2 Å². The van der Waals surface area contributed by atoms with Crippen molar-refractivity contribution in [2.75, 3.05) is 33.5 Å². The second kappa shape index (κ2) is 9.60. The number of nitrogens with zero attached hydrogens (tertiary/aromatic N) is 2. The minimum Gasteiger partial charge on any atom is -0.337 e. The third-order valence-electron chi connectivity index (χ3n) is 3.81. The van der Waals surface area contributed by atoms with Gasteiger partial charge in [-0.2, -0.15) is 4.98 Å². The highest BCUT2D eigenvalue weighted by atomic mass is 35.5. The molecule has 6 N–H and O–H groups in total. The molecule has 0 aliphatic rings. The fourth-order valence-electron chi connectivity index (χ4n) is 2.54. The Morgan fingerprint density at radius 2 is 1.77 bits per heavy atom. The number of amides is 1. The first kappa shape index (κ1) is 22.3. The molecule has 0 saturated carbocycles. The summed E-state index contributed by atoms with van der Waals surface area (Å²) < 4.78 is 25.7. The molecule has 0 aliphatic heterocycles. The number of carbonyl (C=O) groups excluding carboxylic acids is 1. The summed E-state index contributed by atoms with van der Waals surface area (Å²) in [5.41, 5.74) is 7.31. The number of aromatic nitrogens is 2. The molecule has 2 aromatic carbocycles. The van der Waals surface area contributed by atoms with Crippen molar-refractivity contribution in [2.45, 2.75) is 0 Å². The number of anilines is 6. The average molecular weight is 462 g/mol. The molecule has 0 unspecified atom stereocenters. The summed E-state index contributed by atoms with van der Waals surface area (Å²) >= 11 is 6.22. The molecule has 0 spiro atoms. The molecule has 1 aromatic heterocycles. The lowest BCUT2D eigenvalue weighted by molar-refractivity contribution is -0.114. The van der Waals surface area contributed by atoms with E-state index < -0.39 is 10.0 Å². The van der Waals surface area contributed by atoms with Crippen LogP contribution in [-0.2, 0) is 14.8 Å². The number of nitrogens with two attached hydrogens (primary N) is 1. The Kier molecular flexibility index (Phi) is 6.90. The molecule has 10 nitrogen and oxygen atoms in total. The summed E-state index contributed by atoms with van der Waals surface area (Å²) in [5, 5.41) is 8.94. The topological polar surface area (TPSA) is 151 Å². The van der Waals surface area contributed by atoms with E-state index >= 15 is 0 Å². The predicted molar refractivity (Wildman–Crippen MR) is 123 cm³/mol. The van der Waals surface area contributed by atoms with Gasteiger partial charge in [-0.15, -0.1) is 0 Å². The highest BCUT2D eigenvalue weighted by molar-refractivity contribution is 7.92. The predicted octanol–water partition coefficient (Wildman–Crippen LogP) is 2.89. The standard InChI is InChI=1S/C19H20ClN7O3S/c1-31(29,30)27-16-8-3-2-7-15(16)25-18-14(20)11-22-19(26-18)24-13-6-4-5-12(9-13)23-17(28)10-21/h2-9,11,27H,10,21H2,1H3,(H,23,28)(H2,22,24,25,26). The Morgan fingerprint density at radius 3 is 2.48 bits per heavy atom. The summed E-state index contributed by atoms with van der Waals surface area (Å²) in [6.07, 6.45) is 2.47. The number of para-hydroxylation sites is 2. The number of hydrogen-bond donors (Lipinski definition) is 5. The van der Waals surface area contributed by atoms with E-state index in [4.69, 9.17) is 17.3 Å². The molecule has 0 bridgehead atoms. The molecule has 0 fully saturated rings. The Bertz CT molecular complexity index is 1200. The Morgan fingerprint density at radius 1 is 1.06 bits per heavy atom. The SMILES string of the molecule is CS(=O)(=O)Nc1ccccc1Nc1nc(Nc2cccc(NC(=O)CN)c2)ncc1Cl. The molecule has 0 radical (unpaired) electrons. The zero-order chi connectivity index (χ0) is 22.4. The monoisotopic (exact) mass is 461 g/mol. The minimum atomic E-state index is -3.47. The number of benzene rings is 2. The van der Waals surface area contributed by atoms with E-state index in [2.05, 4.69) is 30.6 Å². The lowest BCUT2D eigenvalue weighted by Gasteiger charge is -2.14. The molecule has 1 heterocycles. The molecule has 0 aliphatic carbocycles. The Hall–Kier alpha value is -3.41. The van der Waals surface area contributed by atoms with Crippen molar-refractivity contribution >= 4 is 62.0 Å². The van der Waals surface area contributed by atoms with E-state index in [9.17, 15) is 13.2 Å². The van der Waals surface area contributed by atoms with Gasteiger partial charge in [-0.1, -0.05) is 29.8 Å². The molecule has 0 atom stereocenters. The van der Waals surface area contributed by atoms with Gasteiger partial charge in [0.25, 0.3) is 0 Å². The molecule has 3 aromatic rings. The maximum Gasteiger partial charge on any atom is 0.238 e. The normalized spacial score (nSPS) is 10.9. The average Bonchev–Trinajstić information content (AvgIpc) is 2.71. The zero-order valence-electron chi connectivity index (χ0n) is 16.4. The third kappa shape index (κ3) is 6.54. The number of sulfonamides is 1. The maximum atomic E-state index is 11.6. The van der Waals surface area contributed by atoms with Gasteiger partial charge in [-0.05, 0) is 30.3 Å². The molecule has 31 heavy (non-hydrogen) atoms. The van der Waals surface area contributed by atoms with Gasteiger partial charge in [0.1, 0.15) is 5.02 Å². The van der Waals surface area contributed by atoms with Crippen molar-refractivity contribution in [3.05, 3.63) is 59.8 Å². The van der Waals surface area contributed by atoms with Crippen LogP contribution in [0.2, 0.25) is 5.02 Å². The second-order valence-corrected chi connectivity index (χ2v) is 8.55. The van der Waals surface area contributed by atoms with Crippen LogP contribution >= 0.6 is 11.6 Å². The van der Waals surface area contributed by atoms with E-state index in [1.807, 2.05) is 0 Å². The zero-order valence-corrected chi connectivity index (χ0v) is 18.0. The number of hydrogen-bond acceptors (Lipinski definition) is 8. The summed E-state index contributed by atoms with van der Waals surface area (Å²) in [6, 6.07) is 13.7. The first-order valence-electron chi connectivity index (χ1n) is 8.97. The van der Waals surface area contributed by atoms with Gasteiger partial charge < -0.3 is 21.7 Å². The molecule has 162 valence electrons. The molecule has 1 amide bonds. The van der Waals surface area contributed by atoms with Crippen LogP contribution < -0.4 is 26.4 Å². The van der Waals surface area contributed by atoms with Gasteiger partial charge in [0.2, 0.25) is 21.9 Å². The van der Waals surface area contributed by atoms with Crippen molar-refractivity contribution in [2.24, 2.45) is 5.73 Å². The van der Waals surface area contributed by atoms with Gasteiger partial charge in [-0.25, -0.2) is 13.4 Å². The van der Waals surface area contributed by atoms with Gasteiger partial charge in [0.05, 0.1) is 30.4 Å². The second-order valence-electron chi connectivity index (χ2n) is 6.39. The van der Waals surface area contributed by atoms with E-state index in [0.29, 0.717) is 22.7 Å². The summed E-state index contributed by atoms with van der Waals surface area (Å²) in [4.78, 5) is 20.0. The van der Waals surface area contributed by atoms with Crippen LogP contribution in [0.1, 0.15) is 0 Å². The quantitative estimate of drug-likeness (QED) is 0.343. The number of halogens is 1. The lowest BCUT2D eigenvalue weighted by atomic mass is 10.2. The van der Waals surface area contributed by atoms with Crippen LogP contribution in [0, 0.1) is 0 Å². The Labute approximate surface area is 184 Å². The van der Waals surface area contributed by atoms with Gasteiger partial charge in [0.15, 0.2) is 5.82 Å². The van der Waals surface area contributed by atoms with Crippen LogP contribution in [0.5, 0.6) is 0 Å². The summed E-state index contributed by atoms with van der Waals surface area (Å²) in [5.74, 6) is 0.199. The van der Waals surface area contributed by atoms with Crippen molar-refractivity contribution in [1.29, 1.82) is 0 Å². The van der Waals surface area contributed by atoms with E-state index in [1.165, 1.54) is 6.20 Å². The molecule has 0 saturated heterocycles. The van der Waals surface area contributed by atoms with Gasteiger partial charge in [-0.3, -0.25) is 9.52 Å². The van der Waals surface area contributed by atoms with Crippen LogP contribution in [0.3, 0.4) is 0 Å². The number of nitrogens with one attached hydrogen (secondary N) is 4. The van der Waals surface area contributed by atoms with Crippen LogP contribution in [-0.4, -0.2) is 37.1 Å². The van der Waals surface area contributed by atoms with Crippen LogP contribution in [0.25, 0.3) is 0 Å². The maximum absolute atomic E-state index is 11.6. The summed E-state index contributed by atoms with van der Waals surface area (Å²) in [7, 11) is -3.47. The van der Waals surface area contributed by atoms with E-state index in [1.54, 1.807) is 48.5 Å². The fourth-order valence-corrected chi connectivity index (χ4v) is 3.26. The van der Waals surface area contributed by atoms with Crippen molar-refractivity contribution in [3.8, 4) is 0 Å². The number of rotatable bonds is 8. The highest BCUT2D eigenvalue weighted by Gasteiger charge is 2.11. The van der Waals surface area contributed by atoms with E-state index in [0.717, 1.165) is 6.26 Å². The molecule has 12 heteroatoms. The van der Waals surface area contributed by atoms with Crippen molar-refractivity contribution < 1.29 is 13.2 Å². The molecular weight excluding hydrogens is 442 g/mol. The Balaban J connectivity index is 1.82. The summed E-state index contributed by atoms with van der Waals surface area (Å²) in [6.45, 7) is -0.122. The lowest BCUT2D eigenvalue weighted by Crippen LogP contribution is -2.21. The first-order chi connectivity index (χ1) is 14.7. The fraction of sp³-hybridized carbons (Fsp3) is 0.105. The molecular formula is C19H20ClN7O3S. The van der Waals surface area contributed by atoms with Gasteiger partial charge in [0, 0.05) is 11.4 Å². The van der Waals surface area contributed by atoms with Gasteiger partial charge >= 0.3 is 0 Å². The van der Waals surface area contributed by atoms with Crippen molar-refractivity contribution in [3.63, 3.8) is 0 Å². The third-order valence-corrected chi connectivity index (χ3v) is 4.67.